The van der Waals surface area contributed by atoms with Crippen molar-refractivity contribution in [3.05, 3.63) is 70.8 Å². The predicted octanol–water partition coefficient (Wildman–Crippen LogP) is 3.02. The molecule has 0 amide bonds. The number of pyridine rings is 1. The third-order valence-corrected chi connectivity index (χ3v) is 5.66. The van der Waals surface area contributed by atoms with E-state index in [0.29, 0.717) is 16.4 Å². The molecule has 2 aromatic heterocycles. The number of hydrogen-bond acceptors (Lipinski definition) is 4. The Bertz CT molecular complexity index is 983. The number of nitrogens with one attached hydrogen (secondary N) is 1. The van der Waals surface area contributed by atoms with Crippen LogP contribution in [-0.4, -0.2) is 23.2 Å². The number of halogens is 1. The lowest BCUT2D eigenvalue weighted by Crippen LogP contribution is -2.24. The molecule has 6 nitrogen and oxygen atoms in total. The molecule has 0 radical (unpaired) electrons. The fourth-order valence-corrected chi connectivity index (χ4v) is 4.14. The first-order valence-corrected chi connectivity index (χ1v) is 9.45. The second-order valence-corrected chi connectivity index (χ2v) is 7.71. The first-order chi connectivity index (χ1) is 11.9. The van der Waals surface area contributed by atoms with Gasteiger partial charge >= 0.3 is 0 Å². The highest BCUT2D eigenvalue weighted by atomic mass is 35.5. The molecule has 0 aliphatic carbocycles. The van der Waals surface area contributed by atoms with Gasteiger partial charge in [-0.05, 0) is 49.7 Å². The summed E-state index contributed by atoms with van der Waals surface area (Å²) >= 11 is 5.91. The van der Waals surface area contributed by atoms with Crippen LogP contribution < -0.4 is 4.72 Å². The van der Waals surface area contributed by atoms with Crippen molar-refractivity contribution in [2.24, 2.45) is 0 Å². The van der Waals surface area contributed by atoms with Crippen LogP contribution in [0.5, 0.6) is 0 Å². The minimum Gasteiger partial charge on any atom is -0.264 e. The molecule has 3 aromatic rings. The van der Waals surface area contributed by atoms with Gasteiger partial charge in [0.1, 0.15) is 4.90 Å². The number of hydrogen-bond donors (Lipinski definition) is 1. The molecule has 0 aliphatic heterocycles. The van der Waals surface area contributed by atoms with Gasteiger partial charge in [0.15, 0.2) is 0 Å². The molecular formula is C17H17ClN4O2S. The number of rotatable bonds is 5. The van der Waals surface area contributed by atoms with Crippen LogP contribution in [0.2, 0.25) is 5.02 Å². The normalized spacial score (nSPS) is 11.6. The van der Waals surface area contributed by atoms with Crippen LogP contribution in [0.25, 0.3) is 5.69 Å². The minimum atomic E-state index is -3.70. The van der Waals surface area contributed by atoms with E-state index in [1.54, 1.807) is 61.3 Å². The Balaban J connectivity index is 1.92. The molecule has 25 heavy (non-hydrogen) atoms. The molecule has 8 heteroatoms. The summed E-state index contributed by atoms with van der Waals surface area (Å²) in [4.78, 5) is 4.17. The summed E-state index contributed by atoms with van der Waals surface area (Å²) in [6.45, 7) is 3.58. The predicted molar refractivity (Wildman–Crippen MR) is 96.3 cm³/mol. The Morgan fingerprint density at radius 3 is 2.52 bits per heavy atom. The van der Waals surface area contributed by atoms with Crippen molar-refractivity contribution >= 4 is 21.6 Å². The van der Waals surface area contributed by atoms with Gasteiger partial charge in [0.2, 0.25) is 10.0 Å². The van der Waals surface area contributed by atoms with Crippen LogP contribution >= 0.6 is 11.6 Å². The van der Waals surface area contributed by atoms with Crippen molar-refractivity contribution in [1.82, 2.24) is 19.5 Å². The van der Waals surface area contributed by atoms with Crippen LogP contribution in [-0.2, 0) is 16.6 Å². The van der Waals surface area contributed by atoms with Gasteiger partial charge in [0, 0.05) is 24.0 Å². The van der Waals surface area contributed by atoms with Crippen LogP contribution in [0.4, 0.5) is 0 Å². The Morgan fingerprint density at radius 2 is 1.88 bits per heavy atom. The van der Waals surface area contributed by atoms with E-state index in [2.05, 4.69) is 14.8 Å². The van der Waals surface area contributed by atoms with E-state index in [-0.39, 0.29) is 11.4 Å². The first kappa shape index (κ1) is 17.6. The molecule has 2 heterocycles. The van der Waals surface area contributed by atoms with Crippen LogP contribution in [0.3, 0.4) is 0 Å². The molecule has 0 aliphatic rings. The molecule has 1 N–H and O–H groups in total. The maximum atomic E-state index is 12.7. The SMILES string of the molecule is Cc1nn(-c2ccc(Cl)cc2)c(C)c1S(=O)(=O)NCc1cccnc1. The van der Waals surface area contributed by atoms with Gasteiger partial charge in [-0.25, -0.2) is 17.8 Å². The highest BCUT2D eigenvalue weighted by Crippen LogP contribution is 2.23. The molecule has 0 bridgehead atoms. The fraction of sp³-hybridized carbons (Fsp3) is 0.176. The zero-order valence-corrected chi connectivity index (χ0v) is 15.3. The van der Waals surface area contributed by atoms with Crippen molar-refractivity contribution in [1.29, 1.82) is 0 Å². The largest absolute Gasteiger partial charge is 0.264 e. The van der Waals surface area contributed by atoms with Gasteiger partial charge < -0.3 is 0 Å². The maximum absolute atomic E-state index is 12.7. The van der Waals surface area contributed by atoms with E-state index in [1.807, 2.05) is 6.07 Å². The summed E-state index contributed by atoms with van der Waals surface area (Å²) < 4.78 is 29.7. The number of benzene rings is 1. The number of aryl methyl sites for hydroxylation is 1. The van der Waals surface area contributed by atoms with Crippen molar-refractivity contribution in [3.8, 4) is 5.69 Å². The average molecular weight is 377 g/mol. The summed E-state index contributed by atoms with van der Waals surface area (Å²) in [5.41, 5.74) is 2.51. The van der Waals surface area contributed by atoms with E-state index >= 15 is 0 Å². The zero-order chi connectivity index (χ0) is 18.0. The van der Waals surface area contributed by atoms with E-state index in [9.17, 15) is 8.42 Å². The lowest BCUT2D eigenvalue weighted by molar-refractivity contribution is 0.580. The van der Waals surface area contributed by atoms with E-state index in [0.717, 1.165) is 11.3 Å². The number of sulfonamides is 1. The van der Waals surface area contributed by atoms with Crippen LogP contribution in [0.15, 0.2) is 53.7 Å². The van der Waals surface area contributed by atoms with Crippen LogP contribution in [0.1, 0.15) is 17.0 Å². The average Bonchev–Trinajstić information content (AvgIpc) is 2.90. The molecular weight excluding hydrogens is 360 g/mol. The van der Waals surface area contributed by atoms with E-state index in [1.165, 1.54) is 0 Å². The van der Waals surface area contributed by atoms with Gasteiger partial charge in [-0.3, -0.25) is 4.98 Å². The van der Waals surface area contributed by atoms with Gasteiger partial charge in [0.05, 0.1) is 17.1 Å². The monoisotopic (exact) mass is 376 g/mol. The minimum absolute atomic E-state index is 0.168. The molecule has 0 saturated carbocycles. The summed E-state index contributed by atoms with van der Waals surface area (Å²) in [7, 11) is -3.70. The maximum Gasteiger partial charge on any atom is 0.244 e. The van der Waals surface area contributed by atoms with Gasteiger partial charge in [-0.15, -0.1) is 0 Å². The Morgan fingerprint density at radius 1 is 1.16 bits per heavy atom. The van der Waals surface area contributed by atoms with Crippen molar-refractivity contribution in [2.45, 2.75) is 25.3 Å². The number of aromatic nitrogens is 3. The third-order valence-electron chi connectivity index (χ3n) is 3.75. The molecule has 1 aromatic carbocycles. The summed E-state index contributed by atoms with van der Waals surface area (Å²) in [5.74, 6) is 0. The third kappa shape index (κ3) is 3.73. The molecule has 3 rings (SSSR count). The van der Waals surface area contributed by atoms with Gasteiger partial charge in [-0.2, -0.15) is 5.10 Å². The Labute approximate surface area is 151 Å². The van der Waals surface area contributed by atoms with Crippen molar-refractivity contribution in [3.63, 3.8) is 0 Å². The molecule has 0 unspecified atom stereocenters. The summed E-state index contributed by atoms with van der Waals surface area (Å²) in [6, 6.07) is 10.6. The smallest absolute Gasteiger partial charge is 0.244 e. The summed E-state index contributed by atoms with van der Waals surface area (Å²) in [5, 5.41) is 4.98. The van der Waals surface area contributed by atoms with Gasteiger partial charge in [0.25, 0.3) is 0 Å². The Hall–Kier alpha value is -2.22. The standard InChI is InChI=1S/C17H17ClN4O2S/c1-12-17(25(23,24)20-11-14-4-3-9-19-10-14)13(2)22(21-12)16-7-5-15(18)6-8-16/h3-10,20H,11H2,1-2H3. The highest BCUT2D eigenvalue weighted by Gasteiger charge is 2.24. The molecule has 130 valence electrons. The van der Waals surface area contributed by atoms with E-state index in [4.69, 9.17) is 11.6 Å². The van der Waals surface area contributed by atoms with Gasteiger partial charge in [-0.1, -0.05) is 17.7 Å². The number of nitrogens with zero attached hydrogens (tertiary/aromatic N) is 3. The molecule has 0 saturated heterocycles. The quantitative estimate of drug-likeness (QED) is 0.742. The summed E-state index contributed by atoms with van der Waals surface area (Å²) in [6.07, 6.45) is 3.27. The lowest BCUT2D eigenvalue weighted by atomic mass is 10.3. The lowest BCUT2D eigenvalue weighted by Gasteiger charge is -2.08. The second-order valence-electron chi connectivity index (χ2n) is 5.57. The molecule has 0 atom stereocenters. The highest BCUT2D eigenvalue weighted by molar-refractivity contribution is 7.89. The first-order valence-electron chi connectivity index (χ1n) is 7.59. The van der Waals surface area contributed by atoms with Crippen LogP contribution in [0, 0.1) is 13.8 Å². The van der Waals surface area contributed by atoms with E-state index < -0.39 is 10.0 Å². The van der Waals surface area contributed by atoms with Crippen molar-refractivity contribution < 1.29 is 8.42 Å². The fourth-order valence-electron chi connectivity index (χ4n) is 2.60. The molecule has 0 spiro atoms. The topological polar surface area (TPSA) is 76.9 Å². The molecule has 0 fully saturated rings. The second kappa shape index (κ2) is 6.95. The zero-order valence-electron chi connectivity index (χ0n) is 13.8. The Kier molecular flexibility index (Phi) is 4.89. The van der Waals surface area contributed by atoms with Crippen molar-refractivity contribution in [2.75, 3.05) is 0 Å².